The summed E-state index contributed by atoms with van der Waals surface area (Å²) in [6, 6.07) is 13.6. The second-order valence-corrected chi connectivity index (χ2v) is 5.66. The molecule has 1 aliphatic rings. The predicted octanol–water partition coefficient (Wildman–Crippen LogP) is 4.42. The molecule has 0 aromatic heterocycles. The fourth-order valence-electron chi connectivity index (χ4n) is 2.87. The largest absolute Gasteiger partial charge is 0.496 e. The number of benzene rings is 2. The summed E-state index contributed by atoms with van der Waals surface area (Å²) in [5.74, 6) is 0.938. The minimum atomic E-state index is 0.571. The van der Waals surface area contributed by atoms with Crippen LogP contribution in [-0.2, 0) is 6.42 Å². The molecule has 0 bridgehead atoms. The fraction of sp³-hybridized carbons (Fsp3) is 0.333. The Morgan fingerprint density at radius 2 is 2.00 bits per heavy atom. The Hall–Kier alpha value is -1.96. The molecule has 1 aliphatic heterocycles. The van der Waals surface area contributed by atoms with Gasteiger partial charge in [0.25, 0.3) is 0 Å². The molecule has 1 heterocycles. The zero-order valence-corrected chi connectivity index (χ0v) is 12.4. The Balaban J connectivity index is 2.05. The third-order valence-electron chi connectivity index (χ3n) is 4.02. The van der Waals surface area contributed by atoms with E-state index in [0.717, 1.165) is 12.2 Å². The molecule has 0 radical (unpaired) electrons. The van der Waals surface area contributed by atoms with E-state index in [4.69, 9.17) is 4.74 Å². The maximum Gasteiger partial charge on any atom is 0.126 e. The van der Waals surface area contributed by atoms with Crippen molar-refractivity contribution in [3.05, 3.63) is 47.5 Å². The number of ether oxygens (including phenoxy) is 1. The molecule has 0 saturated heterocycles. The van der Waals surface area contributed by atoms with Gasteiger partial charge >= 0.3 is 0 Å². The van der Waals surface area contributed by atoms with Crippen LogP contribution in [0.5, 0.6) is 5.75 Å². The summed E-state index contributed by atoms with van der Waals surface area (Å²) in [7, 11) is 1.73. The summed E-state index contributed by atoms with van der Waals surface area (Å²) in [6.45, 7) is 4.35. The van der Waals surface area contributed by atoms with Crippen molar-refractivity contribution in [1.82, 2.24) is 0 Å². The van der Waals surface area contributed by atoms with Crippen LogP contribution in [0.4, 0.5) is 5.69 Å². The third kappa shape index (κ3) is 2.38. The van der Waals surface area contributed by atoms with Crippen LogP contribution < -0.4 is 10.1 Å². The normalized spacial score (nSPS) is 17.2. The van der Waals surface area contributed by atoms with Gasteiger partial charge in [-0.15, -0.1) is 0 Å². The van der Waals surface area contributed by atoms with E-state index in [-0.39, 0.29) is 0 Å². The van der Waals surface area contributed by atoms with Crippen LogP contribution in [0.3, 0.4) is 0 Å². The average molecular weight is 267 g/mol. The lowest BCUT2D eigenvalue weighted by molar-refractivity contribution is 0.416. The van der Waals surface area contributed by atoms with Gasteiger partial charge in [-0.25, -0.2) is 0 Å². The van der Waals surface area contributed by atoms with E-state index in [1.54, 1.807) is 7.11 Å². The standard InChI is InChI=1S/C18H21NO/c1-12-4-9-18(20-3)16(10-12)14-7-8-17-15(11-14)6-5-13(2)19-17/h4,7-11,13,19H,5-6H2,1-3H3. The second-order valence-electron chi connectivity index (χ2n) is 5.66. The molecule has 0 saturated carbocycles. The number of rotatable bonds is 2. The quantitative estimate of drug-likeness (QED) is 0.869. The average Bonchev–Trinajstić information content (AvgIpc) is 2.46. The van der Waals surface area contributed by atoms with Gasteiger partial charge in [-0.2, -0.15) is 0 Å². The van der Waals surface area contributed by atoms with Gasteiger partial charge < -0.3 is 10.1 Å². The van der Waals surface area contributed by atoms with E-state index in [1.165, 1.54) is 34.4 Å². The first-order valence-electron chi connectivity index (χ1n) is 7.22. The van der Waals surface area contributed by atoms with E-state index in [0.29, 0.717) is 6.04 Å². The smallest absolute Gasteiger partial charge is 0.126 e. The SMILES string of the molecule is COc1ccc(C)cc1-c1ccc2c(c1)CCC(C)N2. The number of hydrogen-bond donors (Lipinski definition) is 1. The van der Waals surface area contributed by atoms with Crippen molar-refractivity contribution in [1.29, 1.82) is 0 Å². The first kappa shape index (κ1) is 13.0. The predicted molar refractivity (Wildman–Crippen MR) is 84.6 cm³/mol. The minimum absolute atomic E-state index is 0.571. The minimum Gasteiger partial charge on any atom is -0.496 e. The van der Waals surface area contributed by atoms with Crippen molar-refractivity contribution in [2.75, 3.05) is 12.4 Å². The maximum absolute atomic E-state index is 5.50. The van der Waals surface area contributed by atoms with E-state index in [1.807, 2.05) is 6.07 Å². The molecule has 20 heavy (non-hydrogen) atoms. The number of anilines is 1. The summed E-state index contributed by atoms with van der Waals surface area (Å²) >= 11 is 0. The van der Waals surface area contributed by atoms with Crippen LogP contribution >= 0.6 is 0 Å². The summed E-state index contributed by atoms with van der Waals surface area (Å²) in [5, 5.41) is 3.55. The highest BCUT2D eigenvalue weighted by atomic mass is 16.5. The molecule has 0 aliphatic carbocycles. The Morgan fingerprint density at radius 1 is 1.15 bits per heavy atom. The zero-order valence-electron chi connectivity index (χ0n) is 12.4. The molecule has 0 fully saturated rings. The summed E-state index contributed by atoms with van der Waals surface area (Å²) in [6.07, 6.45) is 2.34. The molecular formula is C18H21NO. The molecule has 0 spiro atoms. The van der Waals surface area contributed by atoms with Gasteiger partial charge in [0, 0.05) is 17.3 Å². The number of aryl methyl sites for hydroxylation is 2. The van der Waals surface area contributed by atoms with Crippen LogP contribution in [0.2, 0.25) is 0 Å². The van der Waals surface area contributed by atoms with E-state index in [2.05, 4.69) is 49.5 Å². The number of fused-ring (bicyclic) bond motifs is 1. The molecule has 1 N–H and O–H groups in total. The first-order chi connectivity index (χ1) is 9.67. The van der Waals surface area contributed by atoms with Crippen LogP contribution in [-0.4, -0.2) is 13.2 Å². The lowest BCUT2D eigenvalue weighted by atomic mass is 9.94. The molecule has 104 valence electrons. The molecule has 2 nitrogen and oxygen atoms in total. The van der Waals surface area contributed by atoms with Gasteiger partial charge in [0.1, 0.15) is 5.75 Å². The molecule has 1 atom stereocenters. The number of methoxy groups -OCH3 is 1. The molecule has 2 heteroatoms. The number of nitrogens with one attached hydrogen (secondary N) is 1. The molecule has 2 aromatic carbocycles. The Bertz CT molecular complexity index is 633. The molecule has 3 rings (SSSR count). The van der Waals surface area contributed by atoms with Crippen molar-refractivity contribution in [3.8, 4) is 16.9 Å². The van der Waals surface area contributed by atoms with Gasteiger partial charge in [0.2, 0.25) is 0 Å². The highest BCUT2D eigenvalue weighted by Gasteiger charge is 2.15. The topological polar surface area (TPSA) is 21.3 Å². The van der Waals surface area contributed by atoms with E-state index < -0.39 is 0 Å². The van der Waals surface area contributed by atoms with Crippen molar-refractivity contribution in [3.63, 3.8) is 0 Å². The highest BCUT2D eigenvalue weighted by molar-refractivity contribution is 5.74. The van der Waals surface area contributed by atoms with Crippen molar-refractivity contribution in [2.45, 2.75) is 32.7 Å². The Morgan fingerprint density at radius 3 is 2.80 bits per heavy atom. The van der Waals surface area contributed by atoms with Crippen LogP contribution in [0.25, 0.3) is 11.1 Å². The molecular weight excluding hydrogens is 246 g/mol. The summed E-state index contributed by atoms with van der Waals surface area (Å²) in [5.41, 5.74) is 6.35. The van der Waals surface area contributed by atoms with Gasteiger partial charge in [-0.1, -0.05) is 17.7 Å². The lowest BCUT2D eigenvalue weighted by Crippen LogP contribution is -2.21. The number of hydrogen-bond acceptors (Lipinski definition) is 2. The fourth-order valence-corrected chi connectivity index (χ4v) is 2.87. The van der Waals surface area contributed by atoms with E-state index >= 15 is 0 Å². The Kier molecular flexibility index (Phi) is 3.39. The van der Waals surface area contributed by atoms with Crippen LogP contribution in [0, 0.1) is 6.92 Å². The first-order valence-corrected chi connectivity index (χ1v) is 7.22. The van der Waals surface area contributed by atoms with Crippen molar-refractivity contribution in [2.24, 2.45) is 0 Å². The molecule has 0 amide bonds. The lowest BCUT2D eigenvalue weighted by Gasteiger charge is -2.24. The van der Waals surface area contributed by atoms with Gasteiger partial charge in [-0.05, 0) is 62.1 Å². The van der Waals surface area contributed by atoms with Crippen LogP contribution in [0.15, 0.2) is 36.4 Å². The van der Waals surface area contributed by atoms with Gasteiger partial charge in [-0.3, -0.25) is 0 Å². The maximum atomic E-state index is 5.50. The Labute approximate surface area is 120 Å². The van der Waals surface area contributed by atoms with Gasteiger partial charge in [0.05, 0.1) is 7.11 Å². The van der Waals surface area contributed by atoms with E-state index in [9.17, 15) is 0 Å². The second kappa shape index (κ2) is 5.20. The summed E-state index contributed by atoms with van der Waals surface area (Å²) < 4.78 is 5.50. The molecule has 2 aromatic rings. The summed E-state index contributed by atoms with van der Waals surface area (Å²) in [4.78, 5) is 0. The monoisotopic (exact) mass is 267 g/mol. The van der Waals surface area contributed by atoms with Crippen molar-refractivity contribution >= 4 is 5.69 Å². The third-order valence-corrected chi connectivity index (χ3v) is 4.02. The molecule has 1 unspecified atom stereocenters. The van der Waals surface area contributed by atoms with Crippen molar-refractivity contribution < 1.29 is 4.74 Å². The van der Waals surface area contributed by atoms with Gasteiger partial charge in [0.15, 0.2) is 0 Å². The van der Waals surface area contributed by atoms with Crippen LogP contribution in [0.1, 0.15) is 24.5 Å². The highest BCUT2D eigenvalue weighted by Crippen LogP contribution is 2.34. The zero-order chi connectivity index (χ0) is 14.1.